The monoisotopic (exact) mass is 432 g/mol. The van der Waals surface area contributed by atoms with Gasteiger partial charge in [-0.1, -0.05) is 53.5 Å². The van der Waals surface area contributed by atoms with E-state index in [2.05, 4.69) is 12.1 Å². The molecule has 1 saturated heterocycles. The number of nitrogens with zero attached hydrogens (tertiary/aromatic N) is 1. The van der Waals surface area contributed by atoms with Gasteiger partial charge < -0.3 is 10.6 Å². The van der Waals surface area contributed by atoms with Gasteiger partial charge in [0.1, 0.15) is 0 Å². The van der Waals surface area contributed by atoms with Crippen molar-refractivity contribution >= 4 is 52.9 Å². The third-order valence-corrected chi connectivity index (χ3v) is 6.46. The van der Waals surface area contributed by atoms with Crippen LogP contribution in [0.4, 0.5) is 0 Å². The van der Waals surface area contributed by atoms with Crippen molar-refractivity contribution in [3.05, 3.63) is 56.2 Å². The van der Waals surface area contributed by atoms with Crippen molar-refractivity contribution in [1.29, 1.82) is 0 Å². The SMILES string of the molecule is Cl.NC[C@@H]1CN(C(=O)CCCc2cc(Cl)sc2Cl)C[C@H]1c1ccccc1. The first-order valence-electron chi connectivity index (χ1n) is 8.55. The molecule has 2 aromatic rings. The number of carbonyl (C=O) groups is 1. The van der Waals surface area contributed by atoms with Crippen molar-refractivity contribution in [2.75, 3.05) is 19.6 Å². The molecule has 1 fully saturated rings. The molecule has 0 aliphatic carbocycles. The van der Waals surface area contributed by atoms with Crippen molar-refractivity contribution in [2.45, 2.75) is 25.2 Å². The largest absolute Gasteiger partial charge is 0.342 e. The summed E-state index contributed by atoms with van der Waals surface area (Å²) in [6, 6.07) is 12.3. The Morgan fingerprint density at radius 2 is 1.96 bits per heavy atom. The van der Waals surface area contributed by atoms with E-state index in [-0.39, 0.29) is 18.3 Å². The van der Waals surface area contributed by atoms with Gasteiger partial charge in [0.15, 0.2) is 0 Å². The van der Waals surface area contributed by atoms with Crippen molar-refractivity contribution in [3.63, 3.8) is 0 Å². The summed E-state index contributed by atoms with van der Waals surface area (Å²) in [5.41, 5.74) is 8.26. The molecule has 0 unspecified atom stereocenters. The van der Waals surface area contributed by atoms with Crippen molar-refractivity contribution < 1.29 is 4.79 Å². The number of hydrogen-bond acceptors (Lipinski definition) is 3. The van der Waals surface area contributed by atoms with Crippen molar-refractivity contribution in [2.24, 2.45) is 11.7 Å². The molecule has 2 N–H and O–H groups in total. The molecule has 0 radical (unpaired) electrons. The van der Waals surface area contributed by atoms with Gasteiger partial charge in [-0.15, -0.1) is 23.7 Å². The zero-order valence-electron chi connectivity index (χ0n) is 14.4. The number of likely N-dealkylation sites (tertiary alicyclic amines) is 1. The highest BCUT2D eigenvalue weighted by Gasteiger charge is 2.34. The van der Waals surface area contributed by atoms with Crippen LogP contribution in [0.3, 0.4) is 0 Å². The first-order valence-corrected chi connectivity index (χ1v) is 10.1. The third kappa shape index (κ3) is 5.14. The Bertz CT molecular complexity index is 723. The van der Waals surface area contributed by atoms with Gasteiger partial charge in [-0.25, -0.2) is 0 Å². The maximum absolute atomic E-state index is 12.6. The number of hydrogen-bond donors (Lipinski definition) is 1. The highest BCUT2D eigenvalue weighted by atomic mass is 35.5. The number of amides is 1. The fourth-order valence-electron chi connectivity index (χ4n) is 3.52. The lowest BCUT2D eigenvalue weighted by molar-refractivity contribution is -0.130. The number of halogens is 3. The summed E-state index contributed by atoms with van der Waals surface area (Å²) in [4.78, 5) is 14.6. The average Bonchev–Trinajstić information content (AvgIpc) is 3.18. The summed E-state index contributed by atoms with van der Waals surface area (Å²) in [7, 11) is 0. The number of nitrogens with two attached hydrogens (primary N) is 1. The van der Waals surface area contributed by atoms with Gasteiger partial charge in [0.25, 0.3) is 0 Å². The molecule has 1 aromatic heterocycles. The van der Waals surface area contributed by atoms with E-state index in [1.54, 1.807) is 0 Å². The highest BCUT2D eigenvalue weighted by molar-refractivity contribution is 7.20. The second-order valence-electron chi connectivity index (χ2n) is 6.51. The van der Waals surface area contributed by atoms with Gasteiger partial charge in [0.05, 0.1) is 8.67 Å². The number of rotatable bonds is 6. The Kier molecular flexibility index (Phi) is 8.24. The van der Waals surface area contributed by atoms with E-state index in [0.717, 1.165) is 35.8 Å². The van der Waals surface area contributed by atoms with E-state index in [4.69, 9.17) is 28.9 Å². The molecule has 142 valence electrons. The standard InChI is InChI=1S/C19H22Cl2N2OS.ClH/c20-17-9-14(19(21)25-17)7-4-8-18(24)23-11-15(10-22)16(12-23)13-5-2-1-3-6-13;/h1-3,5-6,9,15-16H,4,7-8,10-12,22H2;1H/t15-,16+;/m1./s1. The molecule has 26 heavy (non-hydrogen) atoms. The van der Waals surface area contributed by atoms with Gasteiger partial charge >= 0.3 is 0 Å². The summed E-state index contributed by atoms with van der Waals surface area (Å²) in [5, 5.41) is 0. The zero-order valence-corrected chi connectivity index (χ0v) is 17.5. The van der Waals surface area contributed by atoms with E-state index in [1.165, 1.54) is 16.9 Å². The molecule has 0 spiro atoms. The van der Waals surface area contributed by atoms with Crippen molar-refractivity contribution in [3.8, 4) is 0 Å². The minimum absolute atomic E-state index is 0. The van der Waals surface area contributed by atoms with Gasteiger partial charge in [-0.3, -0.25) is 4.79 Å². The van der Waals surface area contributed by atoms with Crippen LogP contribution in [-0.4, -0.2) is 30.4 Å². The van der Waals surface area contributed by atoms with E-state index in [0.29, 0.717) is 29.1 Å². The Balaban J connectivity index is 0.00000243. The lowest BCUT2D eigenvalue weighted by Crippen LogP contribution is -2.29. The molecule has 7 heteroatoms. The molecule has 2 atom stereocenters. The molecule has 0 bridgehead atoms. The van der Waals surface area contributed by atoms with Crippen LogP contribution in [-0.2, 0) is 11.2 Å². The molecule has 1 aliphatic rings. The summed E-state index contributed by atoms with van der Waals surface area (Å²) < 4.78 is 1.42. The Hall–Kier alpha value is -0.780. The summed E-state index contributed by atoms with van der Waals surface area (Å²) in [6.07, 6.45) is 2.10. The molecular weight excluding hydrogens is 411 g/mol. The number of carbonyl (C=O) groups excluding carboxylic acids is 1. The van der Waals surface area contributed by atoms with Gasteiger partial charge in [0.2, 0.25) is 5.91 Å². The topological polar surface area (TPSA) is 46.3 Å². The van der Waals surface area contributed by atoms with Gasteiger partial charge in [-0.05, 0) is 42.5 Å². The normalized spacial score (nSPS) is 19.4. The van der Waals surface area contributed by atoms with E-state index in [9.17, 15) is 4.79 Å². The predicted molar refractivity (Wildman–Crippen MR) is 113 cm³/mol. The van der Waals surface area contributed by atoms with Crippen LogP contribution in [0.25, 0.3) is 0 Å². The molecular formula is C19H23Cl3N2OS. The van der Waals surface area contributed by atoms with Crippen LogP contribution < -0.4 is 5.73 Å². The molecule has 1 amide bonds. The smallest absolute Gasteiger partial charge is 0.222 e. The van der Waals surface area contributed by atoms with Crippen LogP contribution in [0.15, 0.2) is 36.4 Å². The Labute approximate surface area is 174 Å². The van der Waals surface area contributed by atoms with E-state index in [1.807, 2.05) is 29.2 Å². The third-order valence-electron chi connectivity index (χ3n) is 4.89. The van der Waals surface area contributed by atoms with Crippen LogP contribution >= 0.6 is 46.9 Å². The quantitative estimate of drug-likeness (QED) is 0.696. The summed E-state index contributed by atoms with van der Waals surface area (Å²) >= 11 is 13.5. The van der Waals surface area contributed by atoms with Crippen LogP contribution in [0.1, 0.15) is 29.9 Å². The lowest BCUT2D eigenvalue weighted by Gasteiger charge is -2.17. The highest BCUT2D eigenvalue weighted by Crippen LogP contribution is 2.34. The van der Waals surface area contributed by atoms with Crippen LogP contribution in [0.2, 0.25) is 8.67 Å². The first kappa shape index (κ1) is 21.5. The molecule has 0 saturated carbocycles. The molecule has 1 aromatic carbocycles. The average molecular weight is 434 g/mol. The van der Waals surface area contributed by atoms with Gasteiger partial charge in [-0.2, -0.15) is 0 Å². The second kappa shape index (κ2) is 9.95. The van der Waals surface area contributed by atoms with Gasteiger partial charge in [0, 0.05) is 25.4 Å². The Morgan fingerprint density at radius 1 is 1.23 bits per heavy atom. The fraction of sp³-hybridized carbons (Fsp3) is 0.421. The summed E-state index contributed by atoms with van der Waals surface area (Å²) in [5.74, 6) is 0.867. The second-order valence-corrected chi connectivity index (χ2v) is 8.80. The molecule has 3 rings (SSSR count). The zero-order chi connectivity index (χ0) is 17.8. The van der Waals surface area contributed by atoms with E-state index >= 15 is 0 Å². The molecule has 1 aliphatic heterocycles. The van der Waals surface area contributed by atoms with Crippen molar-refractivity contribution in [1.82, 2.24) is 4.90 Å². The van der Waals surface area contributed by atoms with Crippen LogP contribution in [0, 0.1) is 5.92 Å². The molecule has 3 nitrogen and oxygen atoms in total. The maximum atomic E-state index is 12.6. The number of benzene rings is 1. The lowest BCUT2D eigenvalue weighted by atomic mass is 9.89. The summed E-state index contributed by atoms with van der Waals surface area (Å²) in [6.45, 7) is 2.11. The minimum Gasteiger partial charge on any atom is -0.342 e. The maximum Gasteiger partial charge on any atom is 0.222 e. The Morgan fingerprint density at radius 3 is 2.58 bits per heavy atom. The predicted octanol–water partition coefficient (Wildman–Crippen LogP) is 5.00. The minimum atomic E-state index is 0. The fourth-order valence-corrected chi connectivity index (χ4v) is 5.07. The van der Waals surface area contributed by atoms with Crippen LogP contribution in [0.5, 0.6) is 0 Å². The first-order chi connectivity index (χ1) is 12.1. The molecule has 2 heterocycles. The number of thiophene rings is 1. The number of aryl methyl sites for hydroxylation is 1. The van der Waals surface area contributed by atoms with E-state index < -0.39 is 0 Å².